The van der Waals surface area contributed by atoms with E-state index in [0.717, 1.165) is 6.26 Å². The summed E-state index contributed by atoms with van der Waals surface area (Å²) in [6.07, 6.45) is 3.24. The fourth-order valence-electron chi connectivity index (χ4n) is 3.35. The van der Waals surface area contributed by atoms with E-state index in [1.165, 1.54) is 23.9 Å². The summed E-state index contributed by atoms with van der Waals surface area (Å²) in [6, 6.07) is 6.20. The summed E-state index contributed by atoms with van der Waals surface area (Å²) in [7, 11) is -6.46. The monoisotopic (exact) mass is 484 g/mol. The van der Waals surface area contributed by atoms with Gasteiger partial charge in [-0.2, -0.15) is 0 Å². The lowest BCUT2D eigenvalue weighted by molar-refractivity contribution is 0.0994. The number of thioether (sulfide) groups is 1. The van der Waals surface area contributed by atoms with Crippen LogP contribution in [0.2, 0.25) is 0 Å². The molecule has 0 amide bonds. The number of ketones is 1. The summed E-state index contributed by atoms with van der Waals surface area (Å²) in [4.78, 5) is 12.8. The first-order chi connectivity index (χ1) is 14.5. The Morgan fingerprint density at radius 3 is 2.58 bits per heavy atom. The van der Waals surface area contributed by atoms with E-state index in [4.69, 9.17) is 0 Å². The smallest absolute Gasteiger partial charge is 0.229 e. The van der Waals surface area contributed by atoms with E-state index in [1.807, 2.05) is 4.57 Å². The number of benzene rings is 1. The van der Waals surface area contributed by atoms with Gasteiger partial charge in [0.15, 0.2) is 20.8 Å². The summed E-state index contributed by atoms with van der Waals surface area (Å²) >= 11 is 1.24. The van der Waals surface area contributed by atoms with Gasteiger partial charge in [0.25, 0.3) is 0 Å². The molecular formula is C19H24N4O5S3. The Morgan fingerprint density at radius 2 is 2.03 bits per heavy atom. The second-order valence-corrected chi connectivity index (χ2v) is 12.7. The Bertz CT molecular complexity index is 1190. The highest BCUT2D eigenvalue weighted by atomic mass is 32.2. The number of aromatic nitrogens is 3. The van der Waals surface area contributed by atoms with Gasteiger partial charge in [-0.05, 0) is 37.6 Å². The number of anilines is 1. The van der Waals surface area contributed by atoms with Crippen LogP contribution >= 0.6 is 11.8 Å². The molecule has 31 heavy (non-hydrogen) atoms. The number of hydrogen-bond acceptors (Lipinski definition) is 8. The molecule has 2 heterocycles. The number of sulfonamides is 1. The standard InChI is InChI=1S/C19H24N4O5S3/c1-4-10-23-18(15-9-11-31(27,28)12-15)20-21-19(23)29-13(2)17(24)14-5-7-16(8-6-14)22-30(3,25)26/h4-8,13,15,22H,1,9-12H2,2-3H3/t13-,15-/m0/s1. The Morgan fingerprint density at radius 1 is 1.35 bits per heavy atom. The Labute approximate surface area is 186 Å². The summed E-state index contributed by atoms with van der Waals surface area (Å²) in [5.41, 5.74) is 0.817. The maximum absolute atomic E-state index is 12.8. The van der Waals surface area contributed by atoms with Gasteiger partial charge in [0.1, 0.15) is 5.82 Å². The van der Waals surface area contributed by atoms with Crippen LogP contribution in [0.25, 0.3) is 0 Å². The number of nitrogens with zero attached hydrogens (tertiary/aromatic N) is 3. The van der Waals surface area contributed by atoms with Gasteiger partial charge in [-0.3, -0.25) is 9.52 Å². The van der Waals surface area contributed by atoms with Crippen LogP contribution in [-0.4, -0.2) is 60.4 Å². The van der Waals surface area contributed by atoms with Crippen LogP contribution in [0.5, 0.6) is 0 Å². The second kappa shape index (κ2) is 9.13. The molecule has 0 spiro atoms. The van der Waals surface area contributed by atoms with E-state index in [2.05, 4.69) is 21.5 Å². The van der Waals surface area contributed by atoms with E-state index in [9.17, 15) is 21.6 Å². The third-order valence-corrected chi connectivity index (χ3v) is 8.23. The van der Waals surface area contributed by atoms with Crippen LogP contribution in [0.1, 0.15) is 35.4 Å². The molecule has 1 N–H and O–H groups in total. The van der Waals surface area contributed by atoms with Crippen LogP contribution in [0, 0.1) is 0 Å². The van der Waals surface area contributed by atoms with Crippen LogP contribution in [0.4, 0.5) is 5.69 Å². The molecular weight excluding hydrogens is 460 g/mol. The second-order valence-electron chi connectivity index (χ2n) is 7.42. The van der Waals surface area contributed by atoms with Crippen LogP contribution in [0.3, 0.4) is 0 Å². The predicted octanol–water partition coefficient (Wildman–Crippen LogP) is 2.10. The van der Waals surface area contributed by atoms with Gasteiger partial charge in [0.05, 0.1) is 23.0 Å². The molecule has 1 fully saturated rings. The van der Waals surface area contributed by atoms with Crippen molar-refractivity contribution < 1.29 is 21.6 Å². The van der Waals surface area contributed by atoms with Crippen LogP contribution < -0.4 is 4.72 Å². The number of rotatable bonds is 9. The van der Waals surface area contributed by atoms with E-state index < -0.39 is 25.1 Å². The highest BCUT2D eigenvalue weighted by Gasteiger charge is 2.33. The molecule has 0 unspecified atom stereocenters. The molecule has 1 aromatic heterocycles. The van der Waals surface area contributed by atoms with Gasteiger partial charge in [-0.15, -0.1) is 16.8 Å². The molecule has 0 bridgehead atoms. The van der Waals surface area contributed by atoms with Crippen molar-refractivity contribution in [2.45, 2.75) is 36.2 Å². The molecule has 2 atom stereocenters. The molecule has 168 valence electrons. The highest BCUT2D eigenvalue weighted by Crippen LogP contribution is 2.32. The number of sulfone groups is 1. The number of Topliss-reactive ketones (excluding diaryl/α,β-unsaturated/α-hetero) is 1. The lowest BCUT2D eigenvalue weighted by Crippen LogP contribution is -2.16. The number of hydrogen-bond donors (Lipinski definition) is 1. The first kappa shape index (κ1) is 23.5. The van der Waals surface area contributed by atoms with Crippen LogP contribution in [-0.2, 0) is 26.4 Å². The van der Waals surface area contributed by atoms with Gasteiger partial charge in [-0.1, -0.05) is 17.8 Å². The normalized spacial score (nSPS) is 19.1. The van der Waals surface area contributed by atoms with Gasteiger partial charge in [0.2, 0.25) is 10.0 Å². The van der Waals surface area contributed by atoms with Crippen molar-refractivity contribution in [2.75, 3.05) is 22.5 Å². The first-order valence-electron chi connectivity index (χ1n) is 9.52. The molecule has 0 radical (unpaired) electrons. The lowest BCUT2D eigenvalue weighted by atomic mass is 10.1. The van der Waals surface area contributed by atoms with Crippen LogP contribution in [0.15, 0.2) is 42.1 Å². The predicted molar refractivity (Wildman–Crippen MR) is 121 cm³/mol. The average Bonchev–Trinajstić information content (AvgIpc) is 3.23. The zero-order chi connectivity index (χ0) is 22.8. The third-order valence-electron chi connectivity index (χ3n) is 4.78. The largest absolute Gasteiger partial charge is 0.302 e. The number of nitrogens with one attached hydrogen (secondary N) is 1. The minimum absolute atomic E-state index is 0.0509. The van der Waals surface area contributed by atoms with Crippen molar-refractivity contribution in [3.8, 4) is 0 Å². The minimum Gasteiger partial charge on any atom is -0.302 e. The Balaban J connectivity index is 1.76. The molecule has 1 saturated heterocycles. The number of allylic oxidation sites excluding steroid dienone is 1. The van der Waals surface area contributed by atoms with Gasteiger partial charge < -0.3 is 4.57 Å². The summed E-state index contributed by atoms with van der Waals surface area (Å²) < 4.78 is 50.5. The molecule has 12 heteroatoms. The maximum atomic E-state index is 12.8. The number of carbonyl (C=O) groups is 1. The van der Waals surface area contributed by atoms with Gasteiger partial charge >= 0.3 is 0 Å². The fraction of sp³-hybridized carbons (Fsp3) is 0.421. The van der Waals surface area contributed by atoms with Gasteiger partial charge in [-0.25, -0.2) is 16.8 Å². The molecule has 1 aliphatic heterocycles. The van der Waals surface area contributed by atoms with E-state index in [1.54, 1.807) is 25.1 Å². The molecule has 9 nitrogen and oxygen atoms in total. The fourth-order valence-corrected chi connectivity index (χ4v) is 6.60. The van der Waals surface area contributed by atoms with E-state index in [-0.39, 0.29) is 23.2 Å². The van der Waals surface area contributed by atoms with Crippen molar-refractivity contribution in [3.63, 3.8) is 0 Å². The van der Waals surface area contributed by atoms with Crippen molar-refractivity contribution >= 4 is 43.1 Å². The van der Waals surface area contributed by atoms with Crippen molar-refractivity contribution in [1.29, 1.82) is 0 Å². The number of carbonyl (C=O) groups excluding carboxylic acids is 1. The molecule has 2 aromatic rings. The maximum Gasteiger partial charge on any atom is 0.229 e. The summed E-state index contributed by atoms with van der Waals surface area (Å²) in [5.74, 6) is 0.427. The van der Waals surface area contributed by atoms with E-state index in [0.29, 0.717) is 35.2 Å². The zero-order valence-electron chi connectivity index (χ0n) is 17.2. The van der Waals surface area contributed by atoms with Gasteiger partial charge in [0, 0.05) is 23.7 Å². The quantitative estimate of drug-likeness (QED) is 0.326. The highest BCUT2D eigenvalue weighted by molar-refractivity contribution is 8.00. The van der Waals surface area contributed by atoms with Crippen molar-refractivity contribution in [3.05, 3.63) is 48.3 Å². The minimum atomic E-state index is -3.39. The molecule has 1 aromatic carbocycles. The summed E-state index contributed by atoms with van der Waals surface area (Å²) in [5, 5.41) is 8.46. The average molecular weight is 485 g/mol. The van der Waals surface area contributed by atoms with E-state index >= 15 is 0 Å². The Kier molecular flexibility index (Phi) is 6.92. The SMILES string of the molecule is C=CCn1c(S[C@@H](C)C(=O)c2ccc(NS(C)(=O)=O)cc2)nnc1[C@H]1CCS(=O)(=O)C1. The molecule has 0 aliphatic carbocycles. The third kappa shape index (κ3) is 5.95. The Hall–Kier alpha value is -2.18. The lowest BCUT2D eigenvalue weighted by Gasteiger charge is -2.14. The summed E-state index contributed by atoms with van der Waals surface area (Å²) in [6.45, 7) is 5.91. The zero-order valence-corrected chi connectivity index (χ0v) is 19.6. The topological polar surface area (TPSA) is 128 Å². The molecule has 3 rings (SSSR count). The van der Waals surface area contributed by atoms with Crippen molar-refractivity contribution in [1.82, 2.24) is 14.8 Å². The van der Waals surface area contributed by atoms with Crippen molar-refractivity contribution in [2.24, 2.45) is 0 Å². The molecule has 1 aliphatic rings. The molecule has 0 saturated carbocycles. The first-order valence-corrected chi connectivity index (χ1v) is 14.1.